The summed E-state index contributed by atoms with van der Waals surface area (Å²) in [6.07, 6.45) is 0. The van der Waals surface area contributed by atoms with E-state index in [-0.39, 0.29) is 17.8 Å². The highest BCUT2D eigenvalue weighted by Crippen LogP contribution is 2.29. The van der Waals surface area contributed by atoms with Gasteiger partial charge in [-0.1, -0.05) is 35.3 Å². The van der Waals surface area contributed by atoms with Crippen molar-refractivity contribution in [2.75, 3.05) is 7.05 Å². The number of aromatic nitrogens is 2. The predicted molar refractivity (Wildman–Crippen MR) is 102 cm³/mol. The Kier molecular flexibility index (Phi) is 4.93. The second-order valence-corrected chi connectivity index (χ2v) is 6.95. The van der Waals surface area contributed by atoms with E-state index in [1.54, 1.807) is 42.3 Å². The lowest BCUT2D eigenvalue weighted by molar-refractivity contribution is 0.0743. The average Bonchev–Trinajstić information content (AvgIpc) is 2.60. The summed E-state index contributed by atoms with van der Waals surface area (Å²) < 4.78 is 0. The molecule has 0 N–H and O–H groups in total. The van der Waals surface area contributed by atoms with E-state index in [0.29, 0.717) is 21.3 Å². The molecule has 0 saturated heterocycles. The van der Waals surface area contributed by atoms with E-state index >= 15 is 0 Å². The summed E-state index contributed by atoms with van der Waals surface area (Å²) in [5.41, 5.74) is 2.18. The number of nitrogens with zero attached hydrogens (tertiary/aromatic N) is 3. The molecular weight excluding hydrogens is 357 g/mol. The molecule has 0 saturated carbocycles. The predicted octanol–water partition coefficient (Wildman–Crippen LogP) is 5.08. The Hall–Kier alpha value is -2.17. The number of hydrogen-bond acceptors (Lipinski definition) is 3. The Morgan fingerprint density at radius 3 is 2.28 bits per heavy atom. The maximum Gasteiger partial charge on any atom is 0.291 e. The molecule has 0 radical (unpaired) electrons. The fraction of sp³-hybridized carbons (Fsp3) is 0.211. The Morgan fingerprint density at radius 2 is 1.64 bits per heavy atom. The van der Waals surface area contributed by atoms with Crippen LogP contribution in [0.4, 0.5) is 0 Å². The highest BCUT2D eigenvalue weighted by atomic mass is 35.5. The molecule has 0 aliphatic carbocycles. The topological polar surface area (TPSA) is 46.1 Å². The van der Waals surface area contributed by atoms with E-state index in [9.17, 15) is 4.79 Å². The van der Waals surface area contributed by atoms with Gasteiger partial charge in [-0.05, 0) is 44.2 Å². The molecule has 0 bridgehead atoms. The van der Waals surface area contributed by atoms with Crippen molar-refractivity contribution >= 4 is 40.0 Å². The second kappa shape index (κ2) is 6.98. The summed E-state index contributed by atoms with van der Waals surface area (Å²) >= 11 is 12.1. The Labute approximate surface area is 156 Å². The first kappa shape index (κ1) is 17.6. The van der Waals surface area contributed by atoms with Crippen molar-refractivity contribution in [1.29, 1.82) is 0 Å². The molecule has 1 heterocycles. The van der Waals surface area contributed by atoms with Crippen molar-refractivity contribution in [1.82, 2.24) is 14.9 Å². The van der Waals surface area contributed by atoms with E-state index in [1.807, 2.05) is 26.0 Å². The van der Waals surface area contributed by atoms with Gasteiger partial charge in [-0.3, -0.25) is 4.79 Å². The van der Waals surface area contributed by atoms with E-state index in [4.69, 9.17) is 23.2 Å². The monoisotopic (exact) mass is 373 g/mol. The summed E-state index contributed by atoms with van der Waals surface area (Å²) in [4.78, 5) is 23.3. The van der Waals surface area contributed by atoms with Crippen LogP contribution in [0.15, 0.2) is 42.5 Å². The molecular formula is C19H17Cl2N3O. The quantitative estimate of drug-likeness (QED) is 0.642. The normalized spacial score (nSPS) is 11.1. The third-order valence-corrected chi connectivity index (χ3v) is 4.55. The van der Waals surface area contributed by atoms with Gasteiger partial charge in [0.2, 0.25) is 5.82 Å². The highest BCUT2D eigenvalue weighted by molar-refractivity contribution is 6.31. The van der Waals surface area contributed by atoms with Crippen LogP contribution in [0.3, 0.4) is 0 Å². The minimum absolute atomic E-state index is 0.0518. The average molecular weight is 374 g/mol. The molecule has 1 aromatic heterocycles. The van der Waals surface area contributed by atoms with Gasteiger partial charge in [0.15, 0.2) is 0 Å². The number of halogens is 2. The van der Waals surface area contributed by atoms with Crippen LogP contribution in [0.1, 0.15) is 24.5 Å². The molecule has 128 valence electrons. The summed E-state index contributed by atoms with van der Waals surface area (Å²) in [5, 5.41) is 2.01. The highest BCUT2D eigenvalue weighted by Gasteiger charge is 2.20. The fourth-order valence-electron chi connectivity index (χ4n) is 2.42. The van der Waals surface area contributed by atoms with Crippen molar-refractivity contribution in [2.24, 2.45) is 0 Å². The first-order valence-electron chi connectivity index (χ1n) is 7.87. The minimum Gasteiger partial charge on any atom is -0.337 e. The fourth-order valence-corrected chi connectivity index (χ4v) is 2.71. The number of carbonyl (C=O) groups is 1. The first-order valence-corrected chi connectivity index (χ1v) is 8.63. The van der Waals surface area contributed by atoms with Crippen LogP contribution < -0.4 is 0 Å². The van der Waals surface area contributed by atoms with Crippen LogP contribution in [0.5, 0.6) is 0 Å². The number of benzene rings is 2. The molecule has 0 fully saturated rings. The Morgan fingerprint density at radius 1 is 1.00 bits per heavy atom. The third-order valence-electron chi connectivity index (χ3n) is 4.06. The number of amides is 1. The Bertz CT molecular complexity index is 939. The van der Waals surface area contributed by atoms with E-state index in [1.165, 1.54) is 0 Å². The maximum absolute atomic E-state index is 12.7. The minimum atomic E-state index is -0.220. The van der Waals surface area contributed by atoms with E-state index in [2.05, 4.69) is 9.97 Å². The largest absolute Gasteiger partial charge is 0.337 e. The molecule has 4 nitrogen and oxygen atoms in total. The molecule has 0 aliphatic heterocycles. The van der Waals surface area contributed by atoms with E-state index in [0.717, 1.165) is 10.9 Å². The lowest BCUT2D eigenvalue weighted by Gasteiger charge is -2.21. The van der Waals surface area contributed by atoms with Gasteiger partial charge in [0.25, 0.3) is 5.91 Å². The van der Waals surface area contributed by atoms with Gasteiger partial charge >= 0.3 is 0 Å². The molecule has 25 heavy (non-hydrogen) atoms. The molecule has 2 aromatic carbocycles. The van der Waals surface area contributed by atoms with Crippen molar-refractivity contribution in [2.45, 2.75) is 19.9 Å². The van der Waals surface area contributed by atoms with Crippen LogP contribution in [0, 0.1) is 0 Å². The van der Waals surface area contributed by atoms with Gasteiger partial charge in [-0.15, -0.1) is 0 Å². The van der Waals surface area contributed by atoms with Gasteiger partial charge < -0.3 is 4.90 Å². The molecule has 0 atom stereocenters. The zero-order chi connectivity index (χ0) is 18.1. The van der Waals surface area contributed by atoms with Gasteiger partial charge in [0.05, 0.1) is 11.2 Å². The van der Waals surface area contributed by atoms with Crippen molar-refractivity contribution in [3.8, 4) is 11.3 Å². The standard InChI is InChI=1S/C19H17Cl2N3O/c1-11(2)24(3)19(25)18-22-16-9-8-14(21)10-15(16)17(23-18)12-4-6-13(20)7-5-12/h4-11H,1-3H3. The second-order valence-electron chi connectivity index (χ2n) is 6.07. The lowest BCUT2D eigenvalue weighted by Crippen LogP contribution is -2.34. The molecule has 1 amide bonds. The van der Waals surface area contributed by atoms with Crippen LogP contribution in [-0.2, 0) is 0 Å². The van der Waals surface area contributed by atoms with Crippen LogP contribution >= 0.6 is 23.2 Å². The number of hydrogen-bond donors (Lipinski definition) is 0. The lowest BCUT2D eigenvalue weighted by atomic mass is 10.1. The zero-order valence-electron chi connectivity index (χ0n) is 14.1. The SMILES string of the molecule is CC(C)N(C)C(=O)c1nc(-c2ccc(Cl)cc2)c2cc(Cl)ccc2n1. The van der Waals surface area contributed by atoms with Crippen molar-refractivity contribution in [3.63, 3.8) is 0 Å². The van der Waals surface area contributed by atoms with Crippen molar-refractivity contribution in [3.05, 3.63) is 58.3 Å². The summed E-state index contributed by atoms with van der Waals surface area (Å²) in [7, 11) is 1.74. The summed E-state index contributed by atoms with van der Waals surface area (Å²) in [6.45, 7) is 3.89. The Balaban J connectivity index is 2.23. The third kappa shape index (κ3) is 3.60. The zero-order valence-corrected chi connectivity index (χ0v) is 15.6. The maximum atomic E-state index is 12.7. The van der Waals surface area contributed by atoms with Crippen molar-refractivity contribution < 1.29 is 4.79 Å². The first-order chi connectivity index (χ1) is 11.9. The van der Waals surface area contributed by atoms with Crippen LogP contribution in [0.25, 0.3) is 22.2 Å². The summed E-state index contributed by atoms with van der Waals surface area (Å²) in [5.74, 6) is -0.0574. The van der Waals surface area contributed by atoms with Gasteiger partial charge in [-0.25, -0.2) is 9.97 Å². The molecule has 0 aliphatic rings. The molecule has 3 rings (SSSR count). The smallest absolute Gasteiger partial charge is 0.291 e. The number of rotatable bonds is 3. The van der Waals surface area contributed by atoms with Gasteiger partial charge in [0, 0.05) is 34.1 Å². The van der Waals surface area contributed by atoms with Gasteiger partial charge in [0.1, 0.15) is 0 Å². The molecule has 0 unspecified atom stereocenters. The van der Waals surface area contributed by atoms with E-state index < -0.39 is 0 Å². The molecule has 3 aromatic rings. The number of carbonyl (C=O) groups excluding carboxylic acids is 1. The molecule has 0 spiro atoms. The summed E-state index contributed by atoms with van der Waals surface area (Å²) in [6, 6.07) is 12.7. The van der Waals surface area contributed by atoms with Gasteiger partial charge in [-0.2, -0.15) is 0 Å². The number of fused-ring (bicyclic) bond motifs is 1. The molecule has 6 heteroatoms. The van der Waals surface area contributed by atoms with Crippen LogP contribution in [-0.4, -0.2) is 33.9 Å². The van der Waals surface area contributed by atoms with Crippen LogP contribution in [0.2, 0.25) is 10.0 Å².